The summed E-state index contributed by atoms with van der Waals surface area (Å²) >= 11 is 11.9. The average molecular weight is 478 g/mol. The number of hydrogen-bond acceptors (Lipinski definition) is 6. The Morgan fingerprint density at radius 3 is 2.47 bits per heavy atom. The molecule has 0 aliphatic carbocycles. The van der Waals surface area contributed by atoms with Crippen molar-refractivity contribution in [2.45, 2.75) is 6.61 Å². The molecule has 0 heterocycles. The van der Waals surface area contributed by atoms with Crippen molar-refractivity contribution in [2.24, 2.45) is 5.16 Å². The molecule has 0 N–H and O–H groups in total. The number of nitrogens with zero attached hydrogens (tertiary/aromatic N) is 1. The van der Waals surface area contributed by atoms with Crippen LogP contribution in [0.2, 0.25) is 10.0 Å². The third kappa shape index (κ3) is 5.69. The van der Waals surface area contributed by atoms with E-state index in [1.165, 1.54) is 38.6 Å². The van der Waals surface area contributed by atoms with E-state index in [9.17, 15) is 9.18 Å². The standard InChI is InChI=1S/C23H18Cl2FNO5/c1-29-20-9-7-15(24)11-16(20)23(28)32-27-12-14-6-8-21(22(10-14)30-2)31-13-17-18(25)4-3-5-19(17)26/h3-12H,13H2,1-2H3/b27-12+. The van der Waals surface area contributed by atoms with Gasteiger partial charge in [-0.3, -0.25) is 0 Å². The van der Waals surface area contributed by atoms with Crippen LogP contribution in [0.1, 0.15) is 21.5 Å². The van der Waals surface area contributed by atoms with Gasteiger partial charge in [-0.05, 0) is 48.5 Å². The largest absolute Gasteiger partial charge is 0.496 e. The van der Waals surface area contributed by atoms with E-state index in [0.717, 1.165) is 0 Å². The second-order valence-electron chi connectivity index (χ2n) is 6.36. The molecule has 3 rings (SSSR count). The maximum absolute atomic E-state index is 13.9. The first-order chi connectivity index (χ1) is 15.4. The molecule has 9 heteroatoms. The number of benzene rings is 3. The SMILES string of the molecule is COc1cc(/C=N/OC(=O)c2cc(Cl)ccc2OC)ccc1OCc1c(F)cccc1Cl. The monoisotopic (exact) mass is 477 g/mol. The van der Waals surface area contributed by atoms with Crippen LogP contribution in [0.5, 0.6) is 17.2 Å². The zero-order valence-electron chi connectivity index (χ0n) is 17.1. The van der Waals surface area contributed by atoms with E-state index in [4.69, 9.17) is 42.3 Å². The van der Waals surface area contributed by atoms with Crippen LogP contribution in [0, 0.1) is 5.82 Å². The summed E-state index contributed by atoms with van der Waals surface area (Å²) in [4.78, 5) is 17.2. The zero-order chi connectivity index (χ0) is 23.1. The van der Waals surface area contributed by atoms with Gasteiger partial charge in [0.2, 0.25) is 0 Å². The molecule has 0 unspecified atom stereocenters. The van der Waals surface area contributed by atoms with Crippen LogP contribution < -0.4 is 14.2 Å². The quantitative estimate of drug-likeness (QED) is 0.229. The summed E-state index contributed by atoms with van der Waals surface area (Å²) in [6.45, 7) is -0.0750. The van der Waals surface area contributed by atoms with E-state index >= 15 is 0 Å². The van der Waals surface area contributed by atoms with E-state index in [1.807, 2.05) is 0 Å². The van der Waals surface area contributed by atoms with Crippen molar-refractivity contribution in [1.29, 1.82) is 0 Å². The Kier molecular flexibility index (Phi) is 7.92. The van der Waals surface area contributed by atoms with E-state index in [0.29, 0.717) is 27.8 Å². The second kappa shape index (κ2) is 10.8. The number of methoxy groups -OCH3 is 2. The van der Waals surface area contributed by atoms with Crippen LogP contribution in [0.4, 0.5) is 4.39 Å². The van der Waals surface area contributed by atoms with Gasteiger partial charge in [-0.1, -0.05) is 34.4 Å². The maximum Gasteiger partial charge on any atom is 0.369 e. The van der Waals surface area contributed by atoms with Crippen LogP contribution in [-0.4, -0.2) is 26.4 Å². The molecule has 0 spiro atoms. The first kappa shape index (κ1) is 23.4. The van der Waals surface area contributed by atoms with Crippen LogP contribution in [0.3, 0.4) is 0 Å². The molecular formula is C23H18Cl2FNO5. The molecule has 0 aliphatic heterocycles. The zero-order valence-corrected chi connectivity index (χ0v) is 18.6. The molecule has 32 heavy (non-hydrogen) atoms. The Morgan fingerprint density at radius 1 is 1.00 bits per heavy atom. The van der Waals surface area contributed by atoms with Crippen LogP contribution in [0.15, 0.2) is 59.8 Å². The van der Waals surface area contributed by atoms with E-state index in [2.05, 4.69) is 5.16 Å². The molecule has 0 aromatic heterocycles. The lowest BCUT2D eigenvalue weighted by Gasteiger charge is -2.12. The van der Waals surface area contributed by atoms with Gasteiger partial charge < -0.3 is 19.0 Å². The van der Waals surface area contributed by atoms with Crippen molar-refractivity contribution >= 4 is 35.4 Å². The van der Waals surface area contributed by atoms with Gasteiger partial charge in [0.15, 0.2) is 11.5 Å². The van der Waals surface area contributed by atoms with E-state index < -0.39 is 11.8 Å². The van der Waals surface area contributed by atoms with Gasteiger partial charge in [0.25, 0.3) is 0 Å². The molecule has 0 radical (unpaired) electrons. The normalized spacial score (nSPS) is 10.8. The summed E-state index contributed by atoms with van der Waals surface area (Å²) < 4.78 is 30.0. The predicted octanol–water partition coefficient (Wildman–Crippen LogP) is 5.92. The Hall–Kier alpha value is -3.29. The number of halogens is 3. The molecule has 3 aromatic rings. The van der Waals surface area contributed by atoms with Gasteiger partial charge in [-0.25, -0.2) is 9.18 Å². The van der Waals surface area contributed by atoms with Crippen LogP contribution in [-0.2, 0) is 11.4 Å². The van der Waals surface area contributed by atoms with Crippen molar-refractivity contribution in [2.75, 3.05) is 14.2 Å². The first-order valence-electron chi connectivity index (χ1n) is 9.25. The van der Waals surface area contributed by atoms with Gasteiger partial charge in [-0.15, -0.1) is 0 Å². The smallest absolute Gasteiger partial charge is 0.369 e. The minimum atomic E-state index is -0.728. The summed E-state index contributed by atoms with van der Waals surface area (Å²) in [6, 6.07) is 13.9. The molecule has 0 bridgehead atoms. The van der Waals surface area contributed by atoms with Crippen molar-refractivity contribution in [3.8, 4) is 17.2 Å². The Balaban J connectivity index is 1.68. The Bertz CT molecular complexity index is 1130. The Morgan fingerprint density at radius 2 is 1.75 bits per heavy atom. The summed E-state index contributed by atoms with van der Waals surface area (Å²) in [5.41, 5.74) is 0.958. The summed E-state index contributed by atoms with van der Waals surface area (Å²) in [5.74, 6) is -0.116. The minimum Gasteiger partial charge on any atom is -0.496 e. The van der Waals surface area contributed by atoms with Crippen molar-refractivity contribution < 1.29 is 28.2 Å². The van der Waals surface area contributed by atoms with E-state index in [1.54, 1.807) is 36.4 Å². The van der Waals surface area contributed by atoms with Gasteiger partial charge in [0.1, 0.15) is 23.7 Å². The lowest BCUT2D eigenvalue weighted by atomic mass is 10.2. The fourth-order valence-corrected chi connectivity index (χ4v) is 3.12. The highest BCUT2D eigenvalue weighted by Crippen LogP contribution is 2.30. The molecule has 0 saturated carbocycles. The van der Waals surface area contributed by atoms with Crippen LogP contribution in [0.25, 0.3) is 0 Å². The van der Waals surface area contributed by atoms with Crippen molar-refractivity contribution in [3.63, 3.8) is 0 Å². The highest BCUT2D eigenvalue weighted by molar-refractivity contribution is 6.31. The first-order valence-corrected chi connectivity index (χ1v) is 10.0. The van der Waals surface area contributed by atoms with E-state index in [-0.39, 0.29) is 22.8 Å². The third-order valence-electron chi connectivity index (χ3n) is 4.34. The Labute approximate surface area is 194 Å². The number of carbonyl (C=O) groups excluding carboxylic acids is 1. The molecule has 3 aromatic carbocycles. The molecular weight excluding hydrogens is 460 g/mol. The van der Waals surface area contributed by atoms with Gasteiger partial charge in [0.05, 0.1) is 25.5 Å². The topological polar surface area (TPSA) is 66.4 Å². The summed E-state index contributed by atoms with van der Waals surface area (Å²) in [6.07, 6.45) is 1.33. The molecule has 0 saturated heterocycles. The number of carbonyl (C=O) groups is 1. The predicted molar refractivity (Wildman–Crippen MR) is 120 cm³/mol. The maximum atomic E-state index is 13.9. The fourth-order valence-electron chi connectivity index (χ4n) is 2.73. The molecule has 0 fully saturated rings. The molecule has 0 atom stereocenters. The number of ether oxygens (including phenoxy) is 3. The highest BCUT2D eigenvalue weighted by Gasteiger charge is 2.15. The van der Waals surface area contributed by atoms with Crippen molar-refractivity contribution in [1.82, 2.24) is 0 Å². The number of rotatable bonds is 8. The lowest BCUT2D eigenvalue weighted by molar-refractivity contribution is 0.0515. The minimum absolute atomic E-state index is 0.0750. The fraction of sp³-hybridized carbons (Fsp3) is 0.130. The second-order valence-corrected chi connectivity index (χ2v) is 7.20. The lowest BCUT2D eigenvalue weighted by Crippen LogP contribution is -2.04. The molecule has 0 amide bonds. The average Bonchev–Trinajstić information content (AvgIpc) is 2.79. The molecule has 166 valence electrons. The molecule has 6 nitrogen and oxygen atoms in total. The number of hydrogen-bond donors (Lipinski definition) is 0. The summed E-state index contributed by atoms with van der Waals surface area (Å²) in [5, 5.41) is 4.34. The van der Waals surface area contributed by atoms with Crippen molar-refractivity contribution in [3.05, 3.63) is 87.2 Å². The van der Waals surface area contributed by atoms with Gasteiger partial charge in [-0.2, -0.15) is 0 Å². The summed E-state index contributed by atoms with van der Waals surface area (Å²) in [7, 11) is 2.89. The number of oxime groups is 1. The highest BCUT2D eigenvalue weighted by atomic mass is 35.5. The van der Waals surface area contributed by atoms with Gasteiger partial charge >= 0.3 is 5.97 Å². The molecule has 0 aliphatic rings. The van der Waals surface area contributed by atoms with Gasteiger partial charge in [0, 0.05) is 16.1 Å². The van der Waals surface area contributed by atoms with Crippen LogP contribution >= 0.6 is 23.2 Å². The third-order valence-corrected chi connectivity index (χ3v) is 4.93.